The molecule has 2 aromatic heterocycles. The number of nitrogens with zero attached hydrogens (tertiary/aromatic N) is 2. The quantitative estimate of drug-likeness (QED) is 0.820. The predicted molar refractivity (Wildman–Crippen MR) is 72.5 cm³/mol. The molecule has 3 nitrogen and oxygen atoms in total. The molecule has 1 saturated heterocycles. The molecule has 3 rings (SSSR count). The topological polar surface area (TPSA) is 29.3 Å². The molecule has 0 aliphatic carbocycles. The highest BCUT2D eigenvalue weighted by Gasteiger charge is 2.21. The van der Waals surface area contributed by atoms with Crippen LogP contribution >= 0.6 is 15.9 Å². The summed E-state index contributed by atoms with van der Waals surface area (Å²) in [5.74, 6) is 0.565. The van der Waals surface area contributed by atoms with Gasteiger partial charge in [-0.05, 0) is 54.4 Å². The van der Waals surface area contributed by atoms with Crippen molar-refractivity contribution >= 4 is 21.6 Å². The minimum Gasteiger partial charge on any atom is -0.316 e. The maximum Gasteiger partial charge on any atom is 0.138 e. The summed E-state index contributed by atoms with van der Waals surface area (Å²) in [6.07, 6.45) is 2.49. The zero-order valence-corrected chi connectivity index (χ0v) is 11.5. The molecule has 90 valence electrons. The number of hydrogen-bond donors (Lipinski definition) is 1. The number of halogens is 1. The Hall–Kier alpha value is -0.870. The summed E-state index contributed by atoms with van der Waals surface area (Å²) in [4.78, 5) is 4.79. The molecule has 0 bridgehead atoms. The van der Waals surface area contributed by atoms with Gasteiger partial charge in [-0.15, -0.1) is 0 Å². The fourth-order valence-electron chi connectivity index (χ4n) is 2.68. The van der Waals surface area contributed by atoms with E-state index in [0.29, 0.717) is 5.92 Å². The molecule has 17 heavy (non-hydrogen) atoms. The lowest BCUT2D eigenvalue weighted by Gasteiger charge is -2.21. The van der Waals surface area contributed by atoms with Crippen LogP contribution in [0.4, 0.5) is 0 Å². The van der Waals surface area contributed by atoms with Gasteiger partial charge in [0.25, 0.3) is 0 Å². The van der Waals surface area contributed by atoms with Crippen molar-refractivity contribution in [2.24, 2.45) is 0 Å². The fraction of sp³-hybridized carbons (Fsp3) is 0.462. The van der Waals surface area contributed by atoms with E-state index in [1.54, 1.807) is 0 Å². The van der Waals surface area contributed by atoms with Gasteiger partial charge in [-0.2, -0.15) is 0 Å². The van der Waals surface area contributed by atoms with Crippen molar-refractivity contribution in [3.05, 3.63) is 34.2 Å². The SMILES string of the molecule is Cc1c(C2CCCNC2)nc2cccc(Br)n12. The second kappa shape index (κ2) is 4.42. The Balaban J connectivity index is 2.10. The molecule has 0 saturated carbocycles. The fourth-order valence-corrected chi connectivity index (χ4v) is 3.28. The molecule has 0 aromatic carbocycles. The number of fused-ring (bicyclic) bond motifs is 1. The molecule has 1 N–H and O–H groups in total. The van der Waals surface area contributed by atoms with Gasteiger partial charge in [-0.3, -0.25) is 4.40 Å². The van der Waals surface area contributed by atoms with Crippen molar-refractivity contribution in [3.63, 3.8) is 0 Å². The third-order valence-corrected chi connectivity index (χ3v) is 4.17. The molecule has 1 atom stereocenters. The number of aromatic nitrogens is 2. The van der Waals surface area contributed by atoms with Crippen molar-refractivity contribution in [2.75, 3.05) is 13.1 Å². The van der Waals surface area contributed by atoms with E-state index < -0.39 is 0 Å². The van der Waals surface area contributed by atoms with Crippen molar-refractivity contribution < 1.29 is 0 Å². The Bertz CT molecular complexity index is 541. The van der Waals surface area contributed by atoms with Crippen LogP contribution in [-0.4, -0.2) is 22.5 Å². The minimum atomic E-state index is 0.565. The maximum atomic E-state index is 4.79. The van der Waals surface area contributed by atoms with E-state index in [9.17, 15) is 0 Å². The third-order valence-electron chi connectivity index (χ3n) is 3.55. The number of piperidine rings is 1. The lowest BCUT2D eigenvalue weighted by molar-refractivity contribution is 0.454. The summed E-state index contributed by atoms with van der Waals surface area (Å²) < 4.78 is 3.26. The van der Waals surface area contributed by atoms with Crippen LogP contribution in [0.2, 0.25) is 0 Å². The van der Waals surface area contributed by atoms with E-state index >= 15 is 0 Å². The number of pyridine rings is 1. The molecule has 4 heteroatoms. The van der Waals surface area contributed by atoms with Crippen molar-refractivity contribution in [2.45, 2.75) is 25.7 Å². The van der Waals surface area contributed by atoms with Crippen LogP contribution in [0.3, 0.4) is 0 Å². The molecule has 1 aliphatic heterocycles. The normalized spacial score (nSPS) is 20.9. The number of rotatable bonds is 1. The van der Waals surface area contributed by atoms with Crippen molar-refractivity contribution in [3.8, 4) is 0 Å². The zero-order chi connectivity index (χ0) is 11.8. The molecule has 0 amide bonds. The van der Waals surface area contributed by atoms with Crippen LogP contribution in [0.25, 0.3) is 5.65 Å². The summed E-state index contributed by atoms with van der Waals surface area (Å²) in [6.45, 7) is 4.36. The monoisotopic (exact) mass is 293 g/mol. The van der Waals surface area contributed by atoms with Gasteiger partial charge < -0.3 is 5.32 Å². The average Bonchev–Trinajstić information content (AvgIpc) is 2.69. The smallest absolute Gasteiger partial charge is 0.138 e. The highest BCUT2D eigenvalue weighted by molar-refractivity contribution is 9.10. The second-order valence-corrected chi connectivity index (χ2v) is 5.48. The number of nitrogens with one attached hydrogen (secondary N) is 1. The summed E-state index contributed by atoms with van der Waals surface area (Å²) >= 11 is 3.59. The van der Waals surface area contributed by atoms with Gasteiger partial charge in [0.1, 0.15) is 5.65 Å². The predicted octanol–water partition coefficient (Wildman–Crippen LogP) is 2.87. The van der Waals surface area contributed by atoms with E-state index in [2.05, 4.69) is 44.7 Å². The number of imidazole rings is 1. The third kappa shape index (κ3) is 1.89. The Labute approximate surface area is 109 Å². The molecule has 0 radical (unpaired) electrons. The van der Waals surface area contributed by atoms with Crippen LogP contribution in [-0.2, 0) is 0 Å². The van der Waals surface area contributed by atoms with Gasteiger partial charge in [0.2, 0.25) is 0 Å². The van der Waals surface area contributed by atoms with Crippen LogP contribution in [0.5, 0.6) is 0 Å². The summed E-state index contributed by atoms with van der Waals surface area (Å²) in [6, 6.07) is 6.16. The summed E-state index contributed by atoms with van der Waals surface area (Å²) in [5, 5.41) is 3.46. The van der Waals surface area contributed by atoms with E-state index in [0.717, 1.165) is 23.3 Å². The first-order valence-corrected chi connectivity index (χ1v) is 6.91. The molecule has 1 aliphatic rings. The molecule has 2 aromatic rings. The van der Waals surface area contributed by atoms with Crippen molar-refractivity contribution in [1.29, 1.82) is 0 Å². The standard InChI is InChI=1S/C13H16BrN3/c1-9-13(10-4-3-7-15-8-10)16-12-6-2-5-11(14)17(9)12/h2,5-6,10,15H,3-4,7-8H2,1H3. The minimum absolute atomic E-state index is 0.565. The van der Waals surface area contributed by atoms with Gasteiger partial charge in [-0.25, -0.2) is 4.98 Å². The molecular formula is C13H16BrN3. The highest BCUT2D eigenvalue weighted by Crippen LogP contribution is 2.27. The lowest BCUT2D eigenvalue weighted by Crippen LogP contribution is -2.28. The van der Waals surface area contributed by atoms with E-state index in [1.165, 1.54) is 24.2 Å². The first-order chi connectivity index (χ1) is 8.27. The van der Waals surface area contributed by atoms with Crippen LogP contribution < -0.4 is 5.32 Å². The van der Waals surface area contributed by atoms with Crippen LogP contribution in [0.1, 0.15) is 30.1 Å². The largest absolute Gasteiger partial charge is 0.316 e. The number of aryl methyl sites for hydroxylation is 1. The molecule has 1 unspecified atom stereocenters. The Morgan fingerprint density at radius 3 is 3.06 bits per heavy atom. The maximum absolute atomic E-state index is 4.79. The van der Waals surface area contributed by atoms with Crippen LogP contribution in [0.15, 0.2) is 22.8 Å². The van der Waals surface area contributed by atoms with E-state index in [4.69, 9.17) is 4.98 Å². The van der Waals surface area contributed by atoms with Gasteiger partial charge >= 0.3 is 0 Å². The first-order valence-electron chi connectivity index (χ1n) is 6.11. The molecule has 0 spiro atoms. The summed E-state index contributed by atoms with van der Waals surface area (Å²) in [7, 11) is 0. The zero-order valence-electron chi connectivity index (χ0n) is 9.91. The highest BCUT2D eigenvalue weighted by atomic mass is 79.9. The Morgan fingerprint density at radius 2 is 2.35 bits per heavy atom. The Kier molecular flexibility index (Phi) is 2.92. The van der Waals surface area contributed by atoms with E-state index in [-0.39, 0.29) is 0 Å². The Morgan fingerprint density at radius 1 is 1.47 bits per heavy atom. The van der Waals surface area contributed by atoms with Gasteiger partial charge in [0.15, 0.2) is 0 Å². The molecule has 1 fully saturated rings. The molecule has 3 heterocycles. The van der Waals surface area contributed by atoms with Crippen LogP contribution in [0, 0.1) is 6.92 Å². The summed E-state index contributed by atoms with van der Waals surface area (Å²) in [5.41, 5.74) is 3.56. The average molecular weight is 294 g/mol. The van der Waals surface area contributed by atoms with E-state index in [1.807, 2.05) is 6.07 Å². The molecular weight excluding hydrogens is 278 g/mol. The lowest BCUT2D eigenvalue weighted by atomic mass is 9.95. The van der Waals surface area contributed by atoms with Crippen molar-refractivity contribution in [1.82, 2.24) is 14.7 Å². The first kappa shape index (κ1) is 11.2. The van der Waals surface area contributed by atoms with Gasteiger partial charge in [-0.1, -0.05) is 6.07 Å². The van der Waals surface area contributed by atoms with Gasteiger partial charge in [0.05, 0.1) is 10.3 Å². The number of hydrogen-bond acceptors (Lipinski definition) is 2. The second-order valence-electron chi connectivity index (χ2n) is 4.67. The van der Waals surface area contributed by atoms with Gasteiger partial charge in [0, 0.05) is 18.2 Å².